The number of thiazole rings is 1. The summed E-state index contributed by atoms with van der Waals surface area (Å²) in [4.78, 5) is 4.29. The van der Waals surface area contributed by atoms with E-state index in [4.69, 9.17) is 5.73 Å². The number of nitrogens with two attached hydrogens (primary N) is 1. The predicted molar refractivity (Wildman–Crippen MR) is 59.1 cm³/mol. The van der Waals surface area contributed by atoms with E-state index in [1.165, 1.54) is 19.3 Å². The minimum absolute atomic E-state index is 0.135. The summed E-state index contributed by atoms with van der Waals surface area (Å²) in [6.07, 6.45) is 7.81. The van der Waals surface area contributed by atoms with Gasteiger partial charge in [-0.05, 0) is 19.1 Å². The van der Waals surface area contributed by atoms with Crippen LogP contribution in [-0.4, -0.2) is 16.0 Å². The summed E-state index contributed by atoms with van der Waals surface area (Å²) in [7, 11) is 0. The van der Waals surface area contributed by atoms with Crippen molar-refractivity contribution in [2.75, 3.05) is 6.26 Å². The van der Waals surface area contributed by atoms with Crippen LogP contribution in [0, 0.1) is 0 Å². The Bertz CT molecular complexity index is 262. The SMILES string of the molecule is CSC1(C(N)c2nccs2)CCC1. The zero-order valence-corrected chi connectivity index (χ0v) is 9.33. The lowest BCUT2D eigenvalue weighted by molar-refractivity contribution is 0.310. The van der Waals surface area contributed by atoms with Crippen molar-refractivity contribution in [2.24, 2.45) is 5.73 Å². The average Bonchev–Trinajstić information content (AvgIpc) is 2.54. The Balaban J connectivity index is 2.16. The van der Waals surface area contributed by atoms with Crippen LogP contribution in [0.2, 0.25) is 0 Å². The first-order valence-electron chi connectivity index (χ1n) is 4.49. The molecule has 0 aromatic carbocycles. The molecular formula is C9H14N2S2. The van der Waals surface area contributed by atoms with Crippen molar-refractivity contribution in [1.29, 1.82) is 0 Å². The highest BCUT2D eigenvalue weighted by Gasteiger charge is 2.43. The zero-order chi connectivity index (χ0) is 9.31. The van der Waals surface area contributed by atoms with Crippen molar-refractivity contribution in [3.63, 3.8) is 0 Å². The van der Waals surface area contributed by atoms with E-state index in [-0.39, 0.29) is 10.8 Å². The van der Waals surface area contributed by atoms with Crippen molar-refractivity contribution >= 4 is 23.1 Å². The molecule has 0 spiro atoms. The van der Waals surface area contributed by atoms with E-state index in [1.54, 1.807) is 11.3 Å². The quantitative estimate of drug-likeness (QED) is 0.840. The second kappa shape index (κ2) is 3.59. The van der Waals surface area contributed by atoms with E-state index in [9.17, 15) is 0 Å². The highest BCUT2D eigenvalue weighted by molar-refractivity contribution is 8.00. The van der Waals surface area contributed by atoms with Crippen molar-refractivity contribution in [3.8, 4) is 0 Å². The van der Waals surface area contributed by atoms with Crippen molar-refractivity contribution < 1.29 is 0 Å². The Morgan fingerprint density at radius 3 is 2.85 bits per heavy atom. The molecule has 0 saturated heterocycles. The maximum Gasteiger partial charge on any atom is 0.111 e. The second-order valence-corrected chi connectivity index (χ2v) is 5.62. The molecule has 4 heteroatoms. The molecule has 1 atom stereocenters. The summed E-state index contributed by atoms with van der Waals surface area (Å²) in [6, 6.07) is 0.135. The lowest BCUT2D eigenvalue weighted by Gasteiger charge is -2.44. The Kier molecular flexibility index (Phi) is 2.62. The number of hydrogen-bond donors (Lipinski definition) is 1. The molecule has 1 saturated carbocycles. The Hall–Kier alpha value is -0.0600. The highest BCUT2D eigenvalue weighted by Crippen LogP contribution is 2.50. The summed E-state index contributed by atoms with van der Waals surface area (Å²) < 4.78 is 0.290. The fraction of sp³-hybridized carbons (Fsp3) is 0.667. The topological polar surface area (TPSA) is 38.9 Å². The van der Waals surface area contributed by atoms with Crippen molar-refractivity contribution in [3.05, 3.63) is 16.6 Å². The van der Waals surface area contributed by atoms with Gasteiger partial charge in [-0.2, -0.15) is 11.8 Å². The van der Waals surface area contributed by atoms with E-state index in [1.807, 2.05) is 23.3 Å². The van der Waals surface area contributed by atoms with E-state index in [2.05, 4.69) is 11.2 Å². The smallest absolute Gasteiger partial charge is 0.111 e. The molecule has 13 heavy (non-hydrogen) atoms. The molecule has 0 amide bonds. The van der Waals surface area contributed by atoms with Crippen LogP contribution in [0.5, 0.6) is 0 Å². The normalized spacial score (nSPS) is 22.3. The van der Waals surface area contributed by atoms with Gasteiger partial charge >= 0.3 is 0 Å². The molecule has 1 fully saturated rings. The van der Waals surface area contributed by atoms with E-state index in [0.29, 0.717) is 0 Å². The highest BCUT2D eigenvalue weighted by atomic mass is 32.2. The van der Waals surface area contributed by atoms with Gasteiger partial charge in [-0.15, -0.1) is 11.3 Å². The lowest BCUT2D eigenvalue weighted by Crippen LogP contribution is -2.43. The summed E-state index contributed by atoms with van der Waals surface area (Å²) in [5.74, 6) is 0. The van der Waals surface area contributed by atoms with Crippen LogP contribution in [0.1, 0.15) is 30.3 Å². The third-order valence-electron chi connectivity index (χ3n) is 2.89. The van der Waals surface area contributed by atoms with E-state index in [0.717, 1.165) is 5.01 Å². The van der Waals surface area contributed by atoms with Crippen LogP contribution >= 0.6 is 23.1 Å². The number of hydrogen-bond acceptors (Lipinski definition) is 4. The standard InChI is InChI=1S/C9H14N2S2/c1-12-9(3-2-4-9)7(10)8-11-5-6-13-8/h5-7H,2-4,10H2,1H3. The van der Waals surface area contributed by atoms with Crippen LogP contribution in [-0.2, 0) is 0 Å². The van der Waals surface area contributed by atoms with Crippen LogP contribution in [0.4, 0.5) is 0 Å². The largest absolute Gasteiger partial charge is 0.321 e. The van der Waals surface area contributed by atoms with Gasteiger partial charge in [0.15, 0.2) is 0 Å². The molecule has 2 N–H and O–H groups in total. The zero-order valence-electron chi connectivity index (χ0n) is 7.69. The van der Waals surface area contributed by atoms with Gasteiger partial charge in [0, 0.05) is 16.3 Å². The number of thioether (sulfide) groups is 1. The molecule has 2 rings (SSSR count). The molecular weight excluding hydrogens is 200 g/mol. The summed E-state index contributed by atoms with van der Waals surface area (Å²) in [6.45, 7) is 0. The van der Waals surface area contributed by atoms with Crippen LogP contribution in [0.3, 0.4) is 0 Å². The van der Waals surface area contributed by atoms with Gasteiger partial charge in [0.05, 0.1) is 6.04 Å². The minimum Gasteiger partial charge on any atom is -0.321 e. The average molecular weight is 214 g/mol. The van der Waals surface area contributed by atoms with Gasteiger partial charge in [-0.1, -0.05) is 6.42 Å². The number of rotatable bonds is 3. The van der Waals surface area contributed by atoms with Gasteiger partial charge in [0.1, 0.15) is 5.01 Å². The molecule has 1 aliphatic carbocycles. The Morgan fingerprint density at radius 1 is 1.69 bits per heavy atom. The molecule has 0 aliphatic heterocycles. The fourth-order valence-corrected chi connectivity index (χ4v) is 3.67. The Morgan fingerprint density at radius 2 is 2.46 bits per heavy atom. The summed E-state index contributed by atoms with van der Waals surface area (Å²) in [5, 5.41) is 3.09. The van der Waals surface area contributed by atoms with E-state index >= 15 is 0 Å². The molecule has 1 aliphatic rings. The predicted octanol–water partition coefficient (Wildman–Crippen LogP) is 2.43. The molecule has 1 unspecified atom stereocenters. The molecule has 2 nitrogen and oxygen atoms in total. The number of aromatic nitrogens is 1. The molecule has 1 heterocycles. The fourth-order valence-electron chi connectivity index (χ4n) is 1.78. The summed E-state index contributed by atoms with van der Waals surface area (Å²) in [5.41, 5.74) is 6.22. The van der Waals surface area contributed by atoms with Gasteiger partial charge in [-0.25, -0.2) is 4.98 Å². The van der Waals surface area contributed by atoms with Crippen LogP contribution in [0.15, 0.2) is 11.6 Å². The van der Waals surface area contributed by atoms with Gasteiger partial charge in [-0.3, -0.25) is 0 Å². The van der Waals surface area contributed by atoms with Crippen LogP contribution in [0.25, 0.3) is 0 Å². The maximum atomic E-state index is 6.22. The third kappa shape index (κ3) is 1.51. The molecule has 1 aromatic heterocycles. The first-order valence-corrected chi connectivity index (χ1v) is 6.59. The molecule has 0 bridgehead atoms. The number of nitrogens with zero attached hydrogens (tertiary/aromatic N) is 1. The third-order valence-corrected chi connectivity index (χ3v) is 5.22. The van der Waals surface area contributed by atoms with Gasteiger partial charge < -0.3 is 5.73 Å². The monoisotopic (exact) mass is 214 g/mol. The maximum absolute atomic E-state index is 6.22. The van der Waals surface area contributed by atoms with Crippen molar-refractivity contribution in [2.45, 2.75) is 30.1 Å². The van der Waals surface area contributed by atoms with Crippen LogP contribution < -0.4 is 5.73 Å². The summed E-state index contributed by atoms with van der Waals surface area (Å²) >= 11 is 3.58. The molecule has 72 valence electrons. The first-order chi connectivity index (χ1) is 6.28. The van der Waals surface area contributed by atoms with Gasteiger partial charge in [0.2, 0.25) is 0 Å². The van der Waals surface area contributed by atoms with E-state index < -0.39 is 0 Å². The molecule has 1 aromatic rings. The molecule has 0 radical (unpaired) electrons. The van der Waals surface area contributed by atoms with Crippen molar-refractivity contribution in [1.82, 2.24) is 4.98 Å². The first kappa shape index (κ1) is 9.49. The second-order valence-electron chi connectivity index (χ2n) is 3.47. The Labute approximate surface area is 86.9 Å². The minimum atomic E-state index is 0.135. The van der Waals surface area contributed by atoms with Gasteiger partial charge in [0.25, 0.3) is 0 Å². The lowest BCUT2D eigenvalue weighted by atomic mass is 9.79.